The molecule has 16 nitrogen and oxygen atoms in total. The van der Waals surface area contributed by atoms with Crippen molar-refractivity contribution >= 4 is 46.5 Å². The van der Waals surface area contributed by atoms with E-state index in [1.54, 1.807) is 24.3 Å². The lowest BCUT2D eigenvalue weighted by atomic mass is 10.0. The molecule has 234 valence electrons. The fourth-order valence-corrected chi connectivity index (χ4v) is 2.75. The van der Waals surface area contributed by atoms with Crippen LogP contribution in [0.2, 0.25) is 0 Å². The van der Waals surface area contributed by atoms with Crippen molar-refractivity contribution in [1.29, 1.82) is 0 Å². The summed E-state index contributed by atoms with van der Waals surface area (Å²) in [6.07, 6.45) is -7.83. The highest BCUT2D eigenvalue weighted by Gasteiger charge is 2.37. The Morgan fingerprint density at radius 1 is 0.714 bits per heavy atom. The van der Waals surface area contributed by atoms with E-state index in [0.29, 0.717) is 36.5 Å². The van der Waals surface area contributed by atoms with Gasteiger partial charge in [-0.3, -0.25) is 20.2 Å². The Hall–Kier alpha value is -3.80. The molecule has 0 heterocycles. The van der Waals surface area contributed by atoms with Crippen molar-refractivity contribution in [3.8, 4) is 11.5 Å². The molecule has 0 aliphatic carbocycles. The molecule has 2 rings (SSSR count). The Bertz CT molecular complexity index is 1050. The number of aliphatic carboxylic acids is 2. The van der Waals surface area contributed by atoms with Gasteiger partial charge in [-0.1, -0.05) is 12.1 Å². The average molecular weight is 641 g/mol. The third-order valence-corrected chi connectivity index (χ3v) is 5.19. The summed E-state index contributed by atoms with van der Waals surface area (Å²) in [4.78, 5) is 40.1. The van der Waals surface area contributed by atoms with Gasteiger partial charge in [-0.15, -0.1) is 23.2 Å². The Morgan fingerprint density at radius 2 is 1.05 bits per heavy atom. The summed E-state index contributed by atoms with van der Waals surface area (Å²) < 4.78 is 10.5. The molecular weight excluding hydrogens is 611 g/mol. The second-order valence-electron chi connectivity index (χ2n) is 7.84. The summed E-state index contributed by atoms with van der Waals surface area (Å²) in [5.74, 6) is -1.62. The molecule has 4 atom stereocenters. The summed E-state index contributed by atoms with van der Waals surface area (Å²) in [7, 11) is 0. The number of nitrogens with zero attached hydrogens (tertiary/aromatic N) is 2. The van der Waals surface area contributed by atoms with Crippen LogP contribution in [0.5, 0.6) is 11.5 Å². The largest absolute Gasteiger partial charge is 0.493 e. The van der Waals surface area contributed by atoms with Gasteiger partial charge < -0.3 is 40.1 Å². The summed E-state index contributed by atoms with van der Waals surface area (Å²) in [6, 6.07) is 12.2. The number of benzene rings is 2. The molecule has 6 N–H and O–H groups in total. The van der Waals surface area contributed by atoms with Crippen molar-refractivity contribution < 1.29 is 59.5 Å². The van der Waals surface area contributed by atoms with Crippen LogP contribution in [0.1, 0.15) is 12.8 Å². The maximum Gasteiger partial charge on any atom is 0.335 e. The normalized spacial score (nSPS) is 13.0. The van der Waals surface area contributed by atoms with Crippen LogP contribution in [-0.4, -0.2) is 102 Å². The fraction of sp³-hybridized carbons (Fsp3) is 0.417. The molecular formula is C24H30Cl2N2O14. The van der Waals surface area contributed by atoms with Gasteiger partial charge in [0, 0.05) is 23.9 Å². The van der Waals surface area contributed by atoms with Crippen LogP contribution in [0.3, 0.4) is 0 Å². The Kier molecular flexibility index (Phi) is 19.1. The van der Waals surface area contributed by atoms with E-state index in [0.717, 1.165) is 12.8 Å². The van der Waals surface area contributed by atoms with Crippen molar-refractivity contribution in [2.24, 2.45) is 0 Å². The van der Waals surface area contributed by atoms with Gasteiger partial charge in [-0.2, -0.15) is 0 Å². The van der Waals surface area contributed by atoms with Crippen molar-refractivity contribution in [1.82, 2.24) is 0 Å². The quantitative estimate of drug-likeness (QED) is 0.0701. The van der Waals surface area contributed by atoms with Gasteiger partial charge in [-0.05, 0) is 25.0 Å². The van der Waals surface area contributed by atoms with Gasteiger partial charge in [0.05, 0.1) is 35.2 Å². The van der Waals surface area contributed by atoms with E-state index in [1.165, 1.54) is 24.3 Å². The Balaban J connectivity index is 0.000000600. The number of carboxylic acids is 2. The molecule has 2 aromatic rings. The molecule has 2 aromatic carbocycles. The summed E-state index contributed by atoms with van der Waals surface area (Å²) in [6.45, 7) is 0.954. The maximum absolute atomic E-state index is 10.4. The first kappa shape index (κ1) is 38.2. The van der Waals surface area contributed by atoms with E-state index in [1.807, 2.05) is 0 Å². The van der Waals surface area contributed by atoms with Crippen LogP contribution < -0.4 is 9.47 Å². The highest BCUT2D eigenvalue weighted by atomic mass is 35.5. The van der Waals surface area contributed by atoms with E-state index in [-0.39, 0.29) is 11.4 Å². The lowest BCUT2D eigenvalue weighted by Gasteiger charge is -2.21. The van der Waals surface area contributed by atoms with Gasteiger partial charge in [0.1, 0.15) is 23.7 Å². The molecule has 0 amide bonds. The van der Waals surface area contributed by atoms with E-state index in [2.05, 4.69) is 0 Å². The highest BCUT2D eigenvalue weighted by Crippen LogP contribution is 2.20. The third kappa shape index (κ3) is 15.3. The number of aliphatic hydroxyl groups is 4. The molecule has 0 unspecified atom stereocenters. The number of ether oxygens (including phenoxy) is 2. The minimum atomic E-state index is -2.36. The van der Waals surface area contributed by atoms with Gasteiger partial charge in [-0.25, -0.2) is 9.59 Å². The van der Waals surface area contributed by atoms with E-state index >= 15 is 0 Å². The van der Waals surface area contributed by atoms with E-state index in [9.17, 15) is 29.8 Å². The monoisotopic (exact) mass is 640 g/mol. The molecule has 18 heteroatoms. The van der Waals surface area contributed by atoms with Crippen molar-refractivity contribution in [2.75, 3.05) is 25.0 Å². The molecule has 0 fully saturated rings. The zero-order valence-corrected chi connectivity index (χ0v) is 23.3. The minimum absolute atomic E-state index is 0.0355. The zero-order valence-electron chi connectivity index (χ0n) is 21.8. The standard InChI is InChI=1S/2C9H10ClNO3.C6H10O8/c2*10-5-2-6-14-9-4-1-3-8(7-9)11(12)13;7-1(3(9)5(11)12)2(8)4(10)6(13)14/h2*1,3-4,7H,2,5-6H2;1-4,7-10H,(H,11,12)(H,13,14)/t;;1-,2+,3+,4-. The molecule has 0 saturated carbocycles. The lowest BCUT2D eigenvalue weighted by Crippen LogP contribution is -2.49. The number of rotatable bonds is 15. The number of nitro benzene ring substituents is 2. The third-order valence-electron chi connectivity index (χ3n) is 4.65. The van der Waals surface area contributed by atoms with Gasteiger partial charge in [0.25, 0.3) is 11.4 Å². The second-order valence-corrected chi connectivity index (χ2v) is 8.59. The Morgan fingerprint density at radius 3 is 1.31 bits per heavy atom. The lowest BCUT2D eigenvalue weighted by molar-refractivity contribution is -0.385. The number of aliphatic hydroxyl groups excluding tert-OH is 4. The van der Waals surface area contributed by atoms with Crippen LogP contribution in [0.15, 0.2) is 48.5 Å². The highest BCUT2D eigenvalue weighted by molar-refractivity contribution is 6.18. The number of hydrogen-bond donors (Lipinski definition) is 6. The van der Waals surface area contributed by atoms with Crippen molar-refractivity contribution in [3.63, 3.8) is 0 Å². The van der Waals surface area contributed by atoms with Crippen LogP contribution in [0.4, 0.5) is 11.4 Å². The molecule has 0 aliphatic heterocycles. The van der Waals surface area contributed by atoms with Crippen molar-refractivity contribution in [2.45, 2.75) is 37.3 Å². The second kappa shape index (κ2) is 21.0. The summed E-state index contributed by atoms with van der Waals surface area (Å²) in [5, 5.41) is 72.3. The van der Waals surface area contributed by atoms with Crippen LogP contribution in [0.25, 0.3) is 0 Å². The fourth-order valence-electron chi connectivity index (χ4n) is 2.53. The van der Waals surface area contributed by atoms with Crippen molar-refractivity contribution in [3.05, 3.63) is 68.8 Å². The summed E-state index contributed by atoms with van der Waals surface area (Å²) in [5.41, 5.74) is 0.0711. The SMILES string of the molecule is O=C(O)[C@@H](O)[C@H](O)[C@H](O)[C@@H](O)C(=O)O.O=[N+]([O-])c1cccc(OCCCCl)c1.O=[N+]([O-])c1cccc(OCCCCl)c1. The number of non-ortho nitro benzene ring substituents is 2. The molecule has 0 bridgehead atoms. The number of carbonyl (C=O) groups is 2. The number of halogens is 2. The molecule has 0 saturated heterocycles. The summed E-state index contributed by atoms with van der Waals surface area (Å²) >= 11 is 10.9. The van der Waals surface area contributed by atoms with E-state index in [4.69, 9.17) is 63.3 Å². The van der Waals surface area contributed by atoms with Gasteiger partial charge in [0.2, 0.25) is 0 Å². The molecule has 0 radical (unpaired) electrons. The zero-order chi connectivity index (χ0) is 32.2. The predicted octanol–water partition coefficient (Wildman–Crippen LogP) is 1.80. The topological polar surface area (TPSA) is 260 Å². The number of hydrogen-bond acceptors (Lipinski definition) is 12. The smallest absolute Gasteiger partial charge is 0.335 e. The average Bonchev–Trinajstić information content (AvgIpc) is 2.96. The van der Waals surface area contributed by atoms with Gasteiger partial charge in [0.15, 0.2) is 12.2 Å². The number of carboxylic acid groups (broad SMARTS) is 2. The first-order chi connectivity index (χ1) is 19.8. The van der Waals surface area contributed by atoms with Crippen LogP contribution >= 0.6 is 23.2 Å². The van der Waals surface area contributed by atoms with Crippen LogP contribution in [0, 0.1) is 20.2 Å². The van der Waals surface area contributed by atoms with Gasteiger partial charge >= 0.3 is 11.9 Å². The molecule has 0 aliphatic rings. The number of alkyl halides is 2. The number of nitro groups is 2. The minimum Gasteiger partial charge on any atom is -0.493 e. The molecule has 0 aromatic heterocycles. The van der Waals surface area contributed by atoms with E-state index < -0.39 is 46.2 Å². The molecule has 0 spiro atoms. The first-order valence-corrected chi connectivity index (χ1v) is 12.9. The maximum atomic E-state index is 10.4. The predicted molar refractivity (Wildman–Crippen MR) is 147 cm³/mol. The van der Waals surface area contributed by atoms with Crippen LogP contribution in [-0.2, 0) is 9.59 Å². The molecule has 42 heavy (non-hydrogen) atoms. The Labute approximate surface area is 248 Å². The first-order valence-electron chi connectivity index (χ1n) is 11.8.